The van der Waals surface area contributed by atoms with E-state index < -0.39 is 21.4 Å². The molecule has 7 nitrogen and oxygen atoms in total. The zero-order chi connectivity index (χ0) is 15.1. The monoisotopic (exact) mass is 303 g/mol. The minimum atomic E-state index is -3.98. The topological polar surface area (TPSA) is 117 Å². The van der Waals surface area contributed by atoms with Gasteiger partial charge in [0.1, 0.15) is 22.0 Å². The molecule has 0 spiro atoms. The molecule has 0 bridgehead atoms. The maximum absolute atomic E-state index is 12.3. The Bertz CT molecular complexity index is 641. The lowest BCUT2D eigenvalue weighted by Gasteiger charge is -2.13. The molecule has 1 fully saturated rings. The SMILES string of the molecule is Cc1oc(C)c(S(=O)(=O)NCC2(CO)CC2)c1C(=O)O. The molecule has 0 aliphatic heterocycles. The summed E-state index contributed by atoms with van der Waals surface area (Å²) in [7, 11) is -3.98. The zero-order valence-corrected chi connectivity index (χ0v) is 12.1. The van der Waals surface area contributed by atoms with Crippen LogP contribution in [0.2, 0.25) is 0 Å². The van der Waals surface area contributed by atoms with E-state index in [4.69, 9.17) is 9.52 Å². The van der Waals surface area contributed by atoms with E-state index in [-0.39, 0.29) is 35.1 Å². The van der Waals surface area contributed by atoms with Crippen LogP contribution in [0, 0.1) is 19.3 Å². The standard InChI is InChI=1S/C12H17NO6S/c1-7-9(11(15)16)10(8(2)19-7)20(17,18)13-5-12(6-14)3-4-12/h13-14H,3-6H2,1-2H3,(H,15,16). The lowest BCUT2D eigenvalue weighted by atomic mass is 10.1. The van der Waals surface area contributed by atoms with Crippen molar-refractivity contribution >= 4 is 16.0 Å². The van der Waals surface area contributed by atoms with Crippen molar-refractivity contribution in [3.05, 3.63) is 17.1 Å². The smallest absolute Gasteiger partial charge is 0.340 e. The van der Waals surface area contributed by atoms with E-state index in [9.17, 15) is 18.3 Å². The Morgan fingerprint density at radius 1 is 1.35 bits per heavy atom. The lowest BCUT2D eigenvalue weighted by molar-refractivity contribution is 0.0691. The van der Waals surface area contributed by atoms with Gasteiger partial charge in [-0.3, -0.25) is 0 Å². The molecule has 1 aliphatic rings. The lowest BCUT2D eigenvalue weighted by Crippen LogP contribution is -2.32. The van der Waals surface area contributed by atoms with Crippen LogP contribution in [0.25, 0.3) is 0 Å². The van der Waals surface area contributed by atoms with Crippen LogP contribution in [0.5, 0.6) is 0 Å². The van der Waals surface area contributed by atoms with Gasteiger partial charge in [-0.25, -0.2) is 17.9 Å². The Balaban J connectivity index is 2.32. The van der Waals surface area contributed by atoms with Gasteiger partial charge in [0.15, 0.2) is 0 Å². The van der Waals surface area contributed by atoms with Crippen molar-refractivity contribution in [2.75, 3.05) is 13.2 Å². The highest BCUT2D eigenvalue weighted by Crippen LogP contribution is 2.44. The van der Waals surface area contributed by atoms with Gasteiger partial charge in [0, 0.05) is 18.6 Å². The highest BCUT2D eigenvalue weighted by atomic mass is 32.2. The Kier molecular flexibility index (Phi) is 3.66. The fourth-order valence-corrected chi connectivity index (χ4v) is 3.68. The number of sulfonamides is 1. The maximum Gasteiger partial charge on any atom is 0.340 e. The predicted octanol–water partition coefficient (Wildman–Crippen LogP) is 0.645. The normalized spacial score (nSPS) is 17.1. The molecular formula is C12H17NO6S. The van der Waals surface area contributed by atoms with Gasteiger partial charge in [0.25, 0.3) is 0 Å². The summed E-state index contributed by atoms with van der Waals surface area (Å²) in [6.45, 7) is 2.82. The summed E-state index contributed by atoms with van der Waals surface area (Å²) in [4.78, 5) is 10.8. The summed E-state index contributed by atoms with van der Waals surface area (Å²) in [5.41, 5.74) is -0.743. The second kappa shape index (κ2) is 4.87. The van der Waals surface area contributed by atoms with Gasteiger partial charge in [-0.15, -0.1) is 0 Å². The summed E-state index contributed by atoms with van der Waals surface area (Å²) in [6, 6.07) is 0. The molecular weight excluding hydrogens is 286 g/mol. The van der Waals surface area contributed by atoms with Gasteiger partial charge in [-0.05, 0) is 26.7 Å². The van der Waals surface area contributed by atoms with Crippen LogP contribution in [0.4, 0.5) is 0 Å². The van der Waals surface area contributed by atoms with Crippen molar-refractivity contribution in [3.8, 4) is 0 Å². The van der Waals surface area contributed by atoms with Crippen LogP contribution >= 0.6 is 0 Å². The molecule has 1 saturated carbocycles. The number of carboxylic acids is 1. The van der Waals surface area contributed by atoms with Crippen molar-refractivity contribution in [2.24, 2.45) is 5.41 Å². The number of hydrogen-bond acceptors (Lipinski definition) is 5. The molecule has 1 aliphatic carbocycles. The molecule has 0 saturated heterocycles. The third-order valence-electron chi connectivity index (χ3n) is 3.62. The first-order chi connectivity index (χ1) is 9.22. The van der Waals surface area contributed by atoms with Crippen LogP contribution in [-0.4, -0.2) is 37.8 Å². The average Bonchev–Trinajstić information content (AvgIpc) is 3.06. The van der Waals surface area contributed by atoms with Crippen molar-refractivity contribution < 1.29 is 27.8 Å². The third-order valence-corrected chi connectivity index (χ3v) is 5.17. The first kappa shape index (κ1) is 15.0. The molecule has 0 aromatic carbocycles. The zero-order valence-electron chi connectivity index (χ0n) is 11.3. The minimum absolute atomic E-state index is 0.0428. The number of carboxylic acid groups (broad SMARTS) is 1. The minimum Gasteiger partial charge on any atom is -0.478 e. The highest BCUT2D eigenvalue weighted by Gasteiger charge is 2.43. The first-order valence-corrected chi connectivity index (χ1v) is 7.64. The molecule has 2 rings (SSSR count). The highest BCUT2D eigenvalue weighted by molar-refractivity contribution is 7.89. The first-order valence-electron chi connectivity index (χ1n) is 6.16. The number of hydrogen-bond donors (Lipinski definition) is 3. The van der Waals surface area contributed by atoms with Crippen molar-refractivity contribution in [1.82, 2.24) is 4.72 Å². The number of nitrogens with one attached hydrogen (secondary N) is 1. The number of carbonyl (C=O) groups is 1. The Morgan fingerprint density at radius 2 is 1.95 bits per heavy atom. The molecule has 1 aromatic rings. The van der Waals surface area contributed by atoms with Crippen LogP contribution in [0.15, 0.2) is 9.31 Å². The second-order valence-electron chi connectivity index (χ2n) is 5.21. The van der Waals surface area contributed by atoms with E-state index in [1.165, 1.54) is 13.8 Å². The molecule has 1 aromatic heterocycles. The number of rotatable bonds is 6. The van der Waals surface area contributed by atoms with E-state index in [1.807, 2.05) is 0 Å². The largest absolute Gasteiger partial charge is 0.478 e. The van der Waals surface area contributed by atoms with Crippen LogP contribution < -0.4 is 4.72 Å². The van der Waals surface area contributed by atoms with Gasteiger partial charge in [0.05, 0.1) is 0 Å². The molecule has 112 valence electrons. The van der Waals surface area contributed by atoms with E-state index >= 15 is 0 Å². The summed E-state index contributed by atoms with van der Waals surface area (Å²) in [5, 5.41) is 18.3. The maximum atomic E-state index is 12.3. The van der Waals surface area contributed by atoms with E-state index in [0.717, 1.165) is 12.8 Å². The van der Waals surface area contributed by atoms with Gasteiger partial charge in [-0.1, -0.05) is 0 Å². The van der Waals surface area contributed by atoms with Gasteiger partial charge in [0.2, 0.25) is 10.0 Å². The van der Waals surface area contributed by atoms with Crippen LogP contribution in [0.3, 0.4) is 0 Å². The molecule has 0 unspecified atom stereocenters. The van der Waals surface area contributed by atoms with Crippen molar-refractivity contribution in [2.45, 2.75) is 31.6 Å². The summed E-state index contributed by atoms with van der Waals surface area (Å²) < 4.78 is 32.0. The molecule has 20 heavy (non-hydrogen) atoms. The van der Waals surface area contributed by atoms with E-state index in [0.29, 0.717) is 0 Å². The number of aliphatic hydroxyl groups excluding tert-OH is 1. The number of aliphatic hydroxyl groups is 1. The summed E-state index contributed by atoms with van der Waals surface area (Å²) >= 11 is 0. The Hall–Kier alpha value is -1.38. The molecule has 1 heterocycles. The fourth-order valence-electron chi connectivity index (χ4n) is 2.12. The molecule has 3 N–H and O–H groups in total. The number of furan rings is 1. The van der Waals surface area contributed by atoms with Gasteiger partial charge < -0.3 is 14.6 Å². The second-order valence-corrected chi connectivity index (χ2v) is 6.91. The van der Waals surface area contributed by atoms with Gasteiger partial charge in [-0.2, -0.15) is 0 Å². The summed E-state index contributed by atoms with van der Waals surface area (Å²) in [6.07, 6.45) is 1.50. The number of aryl methyl sites for hydroxylation is 2. The van der Waals surface area contributed by atoms with Crippen molar-refractivity contribution in [1.29, 1.82) is 0 Å². The quantitative estimate of drug-likeness (QED) is 0.710. The average molecular weight is 303 g/mol. The Labute approximate surface area is 116 Å². The summed E-state index contributed by atoms with van der Waals surface area (Å²) in [5.74, 6) is -1.25. The van der Waals surface area contributed by atoms with E-state index in [1.54, 1.807) is 0 Å². The Morgan fingerprint density at radius 3 is 2.40 bits per heavy atom. The van der Waals surface area contributed by atoms with Crippen molar-refractivity contribution in [3.63, 3.8) is 0 Å². The van der Waals surface area contributed by atoms with Crippen LogP contribution in [0.1, 0.15) is 34.7 Å². The number of aromatic carboxylic acids is 1. The molecule has 8 heteroatoms. The van der Waals surface area contributed by atoms with Crippen LogP contribution in [-0.2, 0) is 10.0 Å². The van der Waals surface area contributed by atoms with Gasteiger partial charge >= 0.3 is 5.97 Å². The fraction of sp³-hybridized carbons (Fsp3) is 0.583. The third kappa shape index (κ3) is 2.58. The molecule has 0 radical (unpaired) electrons. The van der Waals surface area contributed by atoms with E-state index in [2.05, 4.69) is 4.72 Å². The molecule has 0 atom stereocenters. The predicted molar refractivity (Wildman–Crippen MR) is 69.1 cm³/mol. The molecule has 0 amide bonds.